The number of hydrogen-bond donors (Lipinski definition) is 1. The summed E-state index contributed by atoms with van der Waals surface area (Å²) in [5, 5.41) is 3.31. The highest BCUT2D eigenvalue weighted by molar-refractivity contribution is 5.19. The Kier molecular flexibility index (Phi) is 7.72. The molecule has 0 aliphatic carbocycles. The molecule has 0 heterocycles. The second-order valence-electron chi connectivity index (χ2n) is 5.22. The molecule has 0 spiro atoms. The van der Waals surface area contributed by atoms with Gasteiger partial charge in [0.25, 0.3) is 0 Å². The van der Waals surface area contributed by atoms with Gasteiger partial charge >= 0.3 is 0 Å². The fraction of sp³-hybridized carbons (Fsp3) is 0.625. The summed E-state index contributed by atoms with van der Waals surface area (Å²) in [7, 11) is 1.97. The third-order valence-electron chi connectivity index (χ3n) is 3.00. The lowest BCUT2D eigenvalue weighted by molar-refractivity contribution is -0.00729. The van der Waals surface area contributed by atoms with Crippen LogP contribution >= 0.6 is 0 Å². The predicted molar refractivity (Wildman–Crippen MR) is 79.3 cm³/mol. The monoisotopic (exact) mass is 265 g/mol. The van der Waals surface area contributed by atoms with Crippen molar-refractivity contribution >= 4 is 0 Å². The zero-order chi connectivity index (χ0) is 14.1. The molecule has 0 saturated carbocycles. The molecule has 0 aliphatic heterocycles. The van der Waals surface area contributed by atoms with Gasteiger partial charge in [0.2, 0.25) is 0 Å². The topological polar surface area (TPSA) is 30.5 Å². The molecule has 2 unspecified atom stereocenters. The van der Waals surface area contributed by atoms with E-state index in [4.69, 9.17) is 9.47 Å². The molecule has 2 atom stereocenters. The van der Waals surface area contributed by atoms with E-state index in [9.17, 15) is 0 Å². The SMILES string of the molecule is CNC(c1ccccc1)C(C)OCCOCC(C)C. The Bertz CT molecular complexity index is 327. The highest BCUT2D eigenvalue weighted by Crippen LogP contribution is 2.18. The van der Waals surface area contributed by atoms with E-state index in [1.165, 1.54) is 5.56 Å². The average Bonchev–Trinajstić information content (AvgIpc) is 2.40. The first-order valence-electron chi connectivity index (χ1n) is 7.06. The highest BCUT2D eigenvalue weighted by atomic mass is 16.5. The van der Waals surface area contributed by atoms with E-state index >= 15 is 0 Å². The molecule has 108 valence electrons. The molecule has 3 heteroatoms. The van der Waals surface area contributed by atoms with Gasteiger partial charge in [-0.1, -0.05) is 44.2 Å². The summed E-state index contributed by atoms with van der Waals surface area (Å²) in [6.45, 7) is 8.49. The molecule has 0 bridgehead atoms. The van der Waals surface area contributed by atoms with Gasteiger partial charge in [0.15, 0.2) is 0 Å². The molecule has 1 N–H and O–H groups in total. The Hall–Kier alpha value is -0.900. The van der Waals surface area contributed by atoms with Gasteiger partial charge in [-0.15, -0.1) is 0 Å². The summed E-state index contributed by atoms with van der Waals surface area (Å²) >= 11 is 0. The molecule has 0 fully saturated rings. The van der Waals surface area contributed by atoms with Crippen molar-refractivity contribution in [2.45, 2.75) is 32.9 Å². The van der Waals surface area contributed by atoms with Gasteiger partial charge in [0.05, 0.1) is 25.4 Å². The van der Waals surface area contributed by atoms with E-state index in [2.05, 4.69) is 50.4 Å². The Morgan fingerprint density at radius 2 is 1.74 bits per heavy atom. The first-order chi connectivity index (χ1) is 9.15. The van der Waals surface area contributed by atoms with Crippen LogP contribution in [-0.2, 0) is 9.47 Å². The molecule has 0 saturated heterocycles. The lowest BCUT2D eigenvalue weighted by Gasteiger charge is -2.24. The van der Waals surface area contributed by atoms with Gasteiger partial charge in [-0.25, -0.2) is 0 Å². The number of rotatable bonds is 9. The smallest absolute Gasteiger partial charge is 0.0742 e. The van der Waals surface area contributed by atoms with Crippen molar-refractivity contribution in [2.24, 2.45) is 5.92 Å². The largest absolute Gasteiger partial charge is 0.379 e. The van der Waals surface area contributed by atoms with Crippen LogP contribution < -0.4 is 5.32 Å². The molecule has 1 rings (SSSR count). The van der Waals surface area contributed by atoms with Crippen molar-refractivity contribution in [3.8, 4) is 0 Å². The Balaban J connectivity index is 2.32. The van der Waals surface area contributed by atoms with E-state index in [0.29, 0.717) is 19.1 Å². The van der Waals surface area contributed by atoms with E-state index in [-0.39, 0.29) is 12.1 Å². The summed E-state index contributed by atoms with van der Waals surface area (Å²) in [5.41, 5.74) is 1.25. The average molecular weight is 265 g/mol. The van der Waals surface area contributed by atoms with Crippen molar-refractivity contribution in [3.63, 3.8) is 0 Å². The Morgan fingerprint density at radius 1 is 1.05 bits per heavy atom. The number of ether oxygens (including phenoxy) is 2. The molecule has 0 radical (unpaired) electrons. The fourth-order valence-corrected chi connectivity index (χ4v) is 2.04. The van der Waals surface area contributed by atoms with E-state index in [1.807, 2.05) is 13.1 Å². The Labute approximate surface area is 117 Å². The van der Waals surface area contributed by atoms with Crippen molar-refractivity contribution < 1.29 is 9.47 Å². The molecule has 0 aliphatic rings. The zero-order valence-electron chi connectivity index (χ0n) is 12.6. The van der Waals surface area contributed by atoms with Gasteiger partial charge < -0.3 is 14.8 Å². The molecule has 3 nitrogen and oxygen atoms in total. The van der Waals surface area contributed by atoms with Crippen LogP contribution in [0.4, 0.5) is 0 Å². The van der Waals surface area contributed by atoms with Crippen LogP contribution in [0, 0.1) is 5.92 Å². The molecule has 0 amide bonds. The van der Waals surface area contributed by atoms with E-state index < -0.39 is 0 Å². The van der Waals surface area contributed by atoms with Gasteiger partial charge in [0.1, 0.15) is 0 Å². The molecular weight excluding hydrogens is 238 g/mol. The maximum atomic E-state index is 5.84. The number of nitrogens with one attached hydrogen (secondary N) is 1. The third kappa shape index (κ3) is 6.19. The molecule has 1 aromatic carbocycles. The van der Waals surface area contributed by atoms with Gasteiger partial charge in [0, 0.05) is 6.61 Å². The van der Waals surface area contributed by atoms with Gasteiger partial charge in [-0.05, 0) is 25.5 Å². The predicted octanol–water partition coefficient (Wildman–Crippen LogP) is 3.02. The molecule has 1 aromatic rings. The molecular formula is C16H27NO2. The van der Waals surface area contributed by atoms with Crippen LogP contribution in [0.2, 0.25) is 0 Å². The minimum Gasteiger partial charge on any atom is -0.379 e. The minimum atomic E-state index is 0.120. The van der Waals surface area contributed by atoms with Crippen LogP contribution in [0.5, 0.6) is 0 Å². The molecule has 0 aromatic heterocycles. The summed E-state index contributed by atoms with van der Waals surface area (Å²) in [4.78, 5) is 0. The van der Waals surface area contributed by atoms with Gasteiger partial charge in [-0.3, -0.25) is 0 Å². The Morgan fingerprint density at radius 3 is 2.32 bits per heavy atom. The second kappa shape index (κ2) is 9.08. The second-order valence-corrected chi connectivity index (χ2v) is 5.22. The zero-order valence-corrected chi connectivity index (χ0v) is 12.6. The van der Waals surface area contributed by atoms with Crippen LogP contribution in [0.15, 0.2) is 30.3 Å². The fourth-order valence-electron chi connectivity index (χ4n) is 2.04. The number of likely N-dealkylation sites (N-methyl/N-ethyl adjacent to an activating group) is 1. The minimum absolute atomic E-state index is 0.120. The number of hydrogen-bond acceptors (Lipinski definition) is 3. The van der Waals surface area contributed by atoms with Crippen molar-refractivity contribution in [3.05, 3.63) is 35.9 Å². The summed E-state index contributed by atoms with van der Waals surface area (Å²) in [6, 6.07) is 10.6. The first-order valence-corrected chi connectivity index (χ1v) is 7.06. The maximum Gasteiger partial charge on any atom is 0.0742 e. The molecule has 19 heavy (non-hydrogen) atoms. The normalized spacial score (nSPS) is 14.6. The summed E-state index contributed by atoms with van der Waals surface area (Å²) < 4.78 is 11.4. The van der Waals surface area contributed by atoms with E-state index in [1.54, 1.807) is 0 Å². The van der Waals surface area contributed by atoms with Crippen molar-refractivity contribution in [1.29, 1.82) is 0 Å². The van der Waals surface area contributed by atoms with Crippen LogP contribution in [-0.4, -0.2) is 33.0 Å². The summed E-state index contributed by atoms with van der Waals surface area (Å²) in [6.07, 6.45) is 0.120. The van der Waals surface area contributed by atoms with Crippen molar-refractivity contribution in [1.82, 2.24) is 5.32 Å². The maximum absolute atomic E-state index is 5.84. The standard InChI is InChI=1S/C16H27NO2/c1-13(2)12-18-10-11-19-14(3)16(17-4)15-8-6-5-7-9-15/h5-9,13-14,16-17H,10-12H2,1-4H3. The third-order valence-corrected chi connectivity index (χ3v) is 3.00. The van der Waals surface area contributed by atoms with Crippen LogP contribution in [0.3, 0.4) is 0 Å². The first kappa shape index (κ1) is 16.2. The van der Waals surface area contributed by atoms with E-state index in [0.717, 1.165) is 6.61 Å². The van der Waals surface area contributed by atoms with Crippen LogP contribution in [0.1, 0.15) is 32.4 Å². The van der Waals surface area contributed by atoms with Crippen molar-refractivity contribution in [2.75, 3.05) is 26.9 Å². The lowest BCUT2D eigenvalue weighted by Crippen LogP contribution is -2.30. The lowest BCUT2D eigenvalue weighted by atomic mass is 10.0. The quantitative estimate of drug-likeness (QED) is 0.696. The van der Waals surface area contributed by atoms with Crippen LogP contribution in [0.25, 0.3) is 0 Å². The van der Waals surface area contributed by atoms with Gasteiger partial charge in [-0.2, -0.15) is 0 Å². The highest BCUT2D eigenvalue weighted by Gasteiger charge is 2.17. The number of benzene rings is 1. The summed E-state index contributed by atoms with van der Waals surface area (Å²) in [5.74, 6) is 0.576.